The molecule has 0 radical (unpaired) electrons. The maximum atomic E-state index is 11.4. The number of ether oxygens (including phenoxy) is 2. The zero-order valence-corrected chi connectivity index (χ0v) is 18.3. The normalized spacial score (nSPS) is 10.8. The number of benzene rings is 2. The van der Waals surface area contributed by atoms with Crippen LogP contribution in [0.25, 0.3) is 11.0 Å². The van der Waals surface area contributed by atoms with E-state index in [0.717, 1.165) is 34.0 Å². The Balaban J connectivity index is 1.72. The highest BCUT2D eigenvalue weighted by atomic mass is 16.5. The molecule has 0 aliphatic rings. The van der Waals surface area contributed by atoms with Crippen LogP contribution in [0.2, 0.25) is 0 Å². The number of hydrogen-bond donors (Lipinski definition) is 2. The highest BCUT2D eigenvalue weighted by molar-refractivity contribution is 5.93. The van der Waals surface area contributed by atoms with Gasteiger partial charge in [-0.1, -0.05) is 24.3 Å². The lowest BCUT2D eigenvalue weighted by atomic mass is 10.1. The van der Waals surface area contributed by atoms with Crippen molar-refractivity contribution in [2.24, 2.45) is 0 Å². The first kappa shape index (κ1) is 21.2. The van der Waals surface area contributed by atoms with E-state index in [1.807, 2.05) is 61.5 Å². The van der Waals surface area contributed by atoms with Gasteiger partial charge in [-0.15, -0.1) is 0 Å². The van der Waals surface area contributed by atoms with Gasteiger partial charge in [0.05, 0.1) is 25.3 Å². The van der Waals surface area contributed by atoms with Crippen molar-refractivity contribution in [2.45, 2.75) is 20.0 Å². The van der Waals surface area contributed by atoms with Crippen LogP contribution >= 0.6 is 0 Å². The lowest BCUT2D eigenvalue weighted by Crippen LogP contribution is -2.24. The van der Waals surface area contributed by atoms with Gasteiger partial charge in [-0.05, 0) is 60.0 Å². The number of aromatic amines is 1. The summed E-state index contributed by atoms with van der Waals surface area (Å²) in [4.78, 5) is 21.3. The van der Waals surface area contributed by atoms with E-state index in [4.69, 9.17) is 14.5 Å². The fraction of sp³-hybridized carbons (Fsp3) is 0.200. The lowest BCUT2D eigenvalue weighted by molar-refractivity contribution is 0.0691. The van der Waals surface area contributed by atoms with E-state index in [9.17, 15) is 9.90 Å². The number of nitrogens with one attached hydrogen (secondary N) is 1. The summed E-state index contributed by atoms with van der Waals surface area (Å²) >= 11 is 0. The summed E-state index contributed by atoms with van der Waals surface area (Å²) in [6.07, 6.45) is 0. The number of carboxylic acid groups (broad SMARTS) is 1. The van der Waals surface area contributed by atoms with Gasteiger partial charge in [-0.2, -0.15) is 0 Å². The standard InChI is InChI=1S/C25H25N3O4/c1-16-12-21-22(13-23(26-21)25(29)30)27-24(16)28(14-17-4-8-19(31-2)9-5-17)15-18-6-10-20(32-3)11-7-18/h4-13,26H,14-15H2,1-3H3,(H,29,30). The Kier molecular flexibility index (Phi) is 5.98. The number of rotatable bonds is 8. The van der Waals surface area contributed by atoms with Crippen molar-refractivity contribution >= 4 is 22.8 Å². The molecule has 0 amide bonds. The van der Waals surface area contributed by atoms with Crippen LogP contribution in [0.1, 0.15) is 27.2 Å². The number of fused-ring (bicyclic) bond motifs is 1. The van der Waals surface area contributed by atoms with Crippen LogP contribution in [-0.4, -0.2) is 35.3 Å². The van der Waals surface area contributed by atoms with Crippen molar-refractivity contribution in [2.75, 3.05) is 19.1 Å². The van der Waals surface area contributed by atoms with Crippen LogP contribution in [0.4, 0.5) is 5.82 Å². The average molecular weight is 431 g/mol. The van der Waals surface area contributed by atoms with E-state index in [1.54, 1.807) is 20.3 Å². The third-order valence-electron chi connectivity index (χ3n) is 5.36. The van der Waals surface area contributed by atoms with E-state index in [2.05, 4.69) is 9.88 Å². The van der Waals surface area contributed by atoms with E-state index in [0.29, 0.717) is 24.1 Å². The van der Waals surface area contributed by atoms with E-state index in [1.165, 1.54) is 0 Å². The number of hydrogen-bond acceptors (Lipinski definition) is 5. The highest BCUT2D eigenvalue weighted by Gasteiger charge is 2.16. The molecule has 0 saturated heterocycles. The van der Waals surface area contributed by atoms with Gasteiger partial charge in [0, 0.05) is 13.1 Å². The van der Waals surface area contributed by atoms with Crippen LogP contribution in [-0.2, 0) is 13.1 Å². The lowest BCUT2D eigenvalue weighted by Gasteiger charge is -2.26. The molecule has 2 aromatic heterocycles. The van der Waals surface area contributed by atoms with E-state index < -0.39 is 5.97 Å². The molecular formula is C25H25N3O4. The molecule has 7 heteroatoms. The largest absolute Gasteiger partial charge is 0.497 e. The topological polar surface area (TPSA) is 87.7 Å². The molecule has 7 nitrogen and oxygen atoms in total. The summed E-state index contributed by atoms with van der Waals surface area (Å²) in [5.74, 6) is 1.41. The minimum absolute atomic E-state index is 0.126. The second-order valence-corrected chi connectivity index (χ2v) is 7.60. The van der Waals surface area contributed by atoms with Crippen molar-refractivity contribution in [3.05, 3.63) is 83.0 Å². The van der Waals surface area contributed by atoms with Crippen molar-refractivity contribution in [1.29, 1.82) is 0 Å². The summed E-state index contributed by atoms with van der Waals surface area (Å²) in [5, 5.41) is 9.32. The van der Waals surface area contributed by atoms with Crippen LogP contribution in [0.15, 0.2) is 60.7 Å². The SMILES string of the molecule is COc1ccc(CN(Cc2ccc(OC)cc2)c2nc3cc(C(=O)O)[nH]c3cc2C)cc1. The molecule has 0 fully saturated rings. The van der Waals surface area contributed by atoms with Crippen molar-refractivity contribution in [1.82, 2.24) is 9.97 Å². The Morgan fingerprint density at radius 2 is 1.47 bits per heavy atom. The predicted octanol–water partition coefficient (Wildman–Crippen LogP) is 4.79. The number of nitrogens with zero attached hydrogens (tertiary/aromatic N) is 2. The van der Waals surface area contributed by atoms with E-state index in [-0.39, 0.29) is 5.69 Å². The maximum absolute atomic E-state index is 11.4. The monoisotopic (exact) mass is 431 g/mol. The first-order chi connectivity index (χ1) is 15.5. The molecule has 2 N–H and O–H groups in total. The third kappa shape index (κ3) is 4.51. The van der Waals surface area contributed by atoms with Crippen LogP contribution < -0.4 is 14.4 Å². The molecule has 164 valence electrons. The molecule has 0 atom stereocenters. The van der Waals surface area contributed by atoms with Gasteiger partial charge < -0.3 is 24.5 Å². The highest BCUT2D eigenvalue weighted by Crippen LogP contribution is 2.27. The Hall–Kier alpha value is -4.00. The minimum atomic E-state index is -1.00. The molecule has 32 heavy (non-hydrogen) atoms. The first-order valence-electron chi connectivity index (χ1n) is 10.2. The maximum Gasteiger partial charge on any atom is 0.352 e. The Morgan fingerprint density at radius 1 is 0.938 bits per heavy atom. The second kappa shape index (κ2) is 9.01. The van der Waals surface area contributed by atoms with Crippen molar-refractivity contribution in [3.8, 4) is 11.5 Å². The van der Waals surface area contributed by atoms with Crippen LogP contribution in [0.3, 0.4) is 0 Å². The zero-order chi connectivity index (χ0) is 22.7. The number of carboxylic acids is 1. The number of aryl methyl sites for hydroxylation is 1. The molecular weight excluding hydrogens is 406 g/mol. The van der Waals surface area contributed by atoms with Gasteiger partial charge in [0.25, 0.3) is 0 Å². The van der Waals surface area contributed by atoms with Crippen LogP contribution in [0.5, 0.6) is 11.5 Å². The Bertz CT molecular complexity index is 1180. The predicted molar refractivity (Wildman–Crippen MR) is 124 cm³/mol. The Morgan fingerprint density at radius 3 is 1.94 bits per heavy atom. The van der Waals surface area contributed by atoms with Gasteiger partial charge in [0.2, 0.25) is 0 Å². The number of methoxy groups -OCH3 is 2. The number of anilines is 1. The molecule has 2 aromatic carbocycles. The third-order valence-corrected chi connectivity index (χ3v) is 5.36. The first-order valence-corrected chi connectivity index (χ1v) is 10.2. The molecule has 4 aromatic rings. The quantitative estimate of drug-likeness (QED) is 0.417. The molecule has 4 rings (SSSR count). The summed E-state index contributed by atoms with van der Waals surface area (Å²) in [6.45, 7) is 3.25. The number of H-pyrrole nitrogens is 1. The summed E-state index contributed by atoms with van der Waals surface area (Å²) in [5.41, 5.74) is 4.64. The molecule has 0 unspecified atom stereocenters. The fourth-order valence-electron chi connectivity index (χ4n) is 3.69. The van der Waals surface area contributed by atoms with Gasteiger partial charge in [-0.3, -0.25) is 0 Å². The van der Waals surface area contributed by atoms with Gasteiger partial charge in [0.1, 0.15) is 23.0 Å². The number of aromatic carboxylic acids is 1. The number of pyridine rings is 1. The van der Waals surface area contributed by atoms with Crippen molar-refractivity contribution in [3.63, 3.8) is 0 Å². The second-order valence-electron chi connectivity index (χ2n) is 7.60. The number of carbonyl (C=O) groups is 1. The molecule has 0 saturated carbocycles. The average Bonchev–Trinajstić information content (AvgIpc) is 3.22. The molecule has 0 aliphatic heterocycles. The summed E-state index contributed by atoms with van der Waals surface area (Å²) < 4.78 is 10.6. The zero-order valence-electron chi connectivity index (χ0n) is 18.3. The molecule has 0 bridgehead atoms. The smallest absolute Gasteiger partial charge is 0.352 e. The minimum Gasteiger partial charge on any atom is -0.497 e. The van der Waals surface area contributed by atoms with Gasteiger partial charge in [0.15, 0.2) is 0 Å². The molecule has 0 spiro atoms. The summed E-state index contributed by atoms with van der Waals surface area (Å²) in [7, 11) is 3.30. The van der Waals surface area contributed by atoms with E-state index >= 15 is 0 Å². The fourth-order valence-corrected chi connectivity index (χ4v) is 3.69. The van der Waals surface area contributed by atoms with Crippen LogP contribution in [0, 0.1) is 6.92 Å². The Labute approximate surface area is 186 Å². The number of aromatic nitrogens is 2. The molecule has 2 heterocycles. The molecule has 0 aliphatic carbocycles. The van der Waals surface area contributed by atoms with Gasteiger partial charge >= 0.3 is 5.97 Å². The van der Waals surface area contributed by atoms with Gasteiger partial charge in [-0.25, -0.2) is 9.78 Å². The summed E-state index contributed by atoms with van der Waals surface area (Å²) in [6, 6.07) is 19.4. The van der Waals surface area contributed by atoms with Crippen molar-refractivity contribution < 1.29 is 19.4 Å².